The maximum atomic E-state index is 14.0. The zero-order valence-electron chi connectivity index (χ0n) is 19.8. The minimum Gasteiger partial charge on any atom is -0.481 e. The molecule has 2 aromatic carbocycles. The van der Waals surface area contributed by atoms with Crippen LogP contribution in [0.1, 0.15) is 32.3 Å². The van der Waals surface area contributed by atoms with Gasteiger partial charge in [0.2, 0.25) is 0 Å². The van der Waals surface area contributed by atoms with Gasteiger partial charge in [-0.05, 0) is 63.4 Å². The molecule has 1 saturated heterocycles. The molecule has 0 spiro atoms. The Hall–Kier alpha value is -3.07. The van der Waals surface area contributed by atoms with Crippen molar-refractivity contribution in [2.45, 2.75) is 33.6 Å². The Morgan fingerprint density at radius 3 is 2.68 bits per heavy atom. The van der Waals surface area contributed by atoms with Gasteiger partial charge in [-0.1, -0.05) is 10.7 Å². The molecule has 2 heterocycles. The number of ether oxygens (including phenoxy) is 1. The maximum Gasteiger partial charge on any atom is 0.260 e. The summed E-state index contributed by atoms with van der Waals surface area (Å²) in [7, 11) is 0.0998. The van der Waals surface area contributed by atoms with Crippen molar-refractivity contribution in [1.82, 2.24) is 14.9 Å². The molecule has 1 fully saturated rings. The lowest BCUT2D eigenvalue weighted by atomic mass is 10.1. The number of nitrogens with zero attached hydrogens (tertiary/aromatic N) is 4. The van der Waals surface area contributed by atoms with Crippen molar-refractivity contribution in [2.75, 3.05) is 36.5 Å². The van der Waals surface area contributed by atoms with Crippen LogP contribution in [-0.4, -0.2) is 52.0 Å². The van der Waals surface area contributed by atoms with Crippen molar-refractivity contribution in [3.8, 4) is 5.75 Å². The van der Waals surface area contributed by atoms with E-state index in [1.807, 2.05) is 26.8 Å². The van der Waals surface area contributed by atoms with E-state index in [9.17, 15) is 9.18 Å². The molecule has 0 bridgehead atoms. The first kappa shape index (κ1) is 24.1. The number of aromatic nitrogens is 2. The normalized spacial score (nSPS) is 13.8. The van der Waals surface area contributed by atoms with E-state index in [2.05, 4.69) is 21.4 Å². The summed E-state index contributed by atoms with van der Waals surface area (Å²) in [6, 6.07) is 8.25. The van der Waals surface area contributed by atoms with Crippen LogP contribution in [0.25, 0.3) is 10.9 Å². The van der Waals surface area contributed by atoms with Crippen molar-refractivity contribution < 1.29 is 13.9 Å². The molecule has 0 radical (unpaired) electrons. The van der Waals surface area contributed by atoms with Gasteiger partial charge in [-0.15, -0.1) is 0 Å². The van der Waals surface area contributed by atoms with Crippen LogP contribution in [0, 0.1) is 12.7 Å². The van der Waals surface area contributed by atoms with Crippen LogP contribution in [0.3, 0.4) is 0 Å². The minimum atomic E-state index is -0.446. The van der Waals surface area contributed by atoms with Crippen LogP contribution in [-0.2, 0) is 15.5 Å². The van der Waals surface area contributed by atoms with Gasteiger partial charge in [-0.3, -0.25) is 4.79 Å². The SMILES string of the molecule is CCN(CC)C(=O)COc1cc(F)ccc1Nc1ncnc2cc(N=S3CCCC3)cc(C)c12. The number of aryl methyl sites for hydroxylation is 1. The van der Waals surface area contributed by atoms with E-state index in [1.54, 1.807) is 11.0 Å². The highest BCUT2D eigenvalue weighted by Gasteiger charge is 2.15. The highest BCUT2D eigenvalue weighted by atomic mass is 32.2. The first-order chi connectivity index (χ1) is 16.5. The molecule has 1 aromatic heterocycles. The van der Waals surface area contributed by atoms with E-state index in [-0.39, 0.29) is 29.0 Å². The molecule has 1 aliphatic heterocycles. The van der Waals surface area contributed by atoms with Crippen molar-refractivity contribution in [1.29, 1.82) is 0 Å². The average Bonchev–Trinajstić information content (AvgIpc) is 3.33. The van der Waals surface area contributed by atoms with Gasteiger partial charge >= 0.3 is 0 Å². The van der Waals surface area contributed by atoms with Gasteiger partial charge in [0.1, 0.15) is 23.7 Å². The number of likely N-dealkylation sites (N-methyl/N-ethyl adjacent to an activating group) is 1. The van der Waals surface area contributed by atoms with E-state index in [4.69, 9.17) is 9.10 Å². The average molecular weight is 484 g/mol. The highest BCUT2D eigenvalue weighted by Crippen LogP contribution is 2.34. The third-order valence-electron chi connectivity index (χ3n) is 5.83. The number of benzene rings is 2. The molecule has 4 rings (SSSR count). The number of hydrogen-bond donors (Lipinski definition) is 1. The molecule has 7 nitrogen and oxygen atoms in total. The summed E-state index contributed by atoms with van der Waals surface area (Å²) in [6.45, 7) is 6.84. The lowest BCUT2D eigenvalue weighted by Gasteiger charge is -2.20. The first-order valence-electron chi connectivity index (χ1n) is 11.6. The molecule has 180 valence electrons. The summed E-state index contributed by atoms with van der Waals surface area (Å²) in [6.07, 6.45) is 4.00. The molecule has 1 amide bonds. The monoisotopic (exact) mass is 483 g/mol. The summed E-state index contributed by atoms with van der Waals surface area (Å²) >= 11 is 0. The second kappa shape index (κ2) is 10.9. The second-order valence-electron chi connectivity index (χ2n) is 8.17. The molecule has 0 atom stereocenters. The van der Waals surface area contributed by atoms with E-state index < -0.39 is 5.82 Å². The van der Waals surface area contributed by atoms with Crippen molar-refractivity contribution in [3.05, 3.63) is 48.0 Å². The van der Waals surface area contributed by atoms with Crippen LogP contribution < -0.4 is 10.1 Å². The number of carbonyl (C=O) groups is 1. The Kier molecular flexibility index (Phi) is 7.72. The van der Waals surface area contributed by atoms with Gasteiger partial charge in [0.25, 0.3) is 5.91 Å². The summed E-state index contributed by atoms with van der Waals surface area (Å²) < 4.78 is 24.6. The summed E-state index contributed by atoms with van der Waals surface area (Å²) in [5.74, 6) is 2.57. The molecule has 0 unspecified atom stereocenters. The van der Waals surface area contributed by atoms with Gasteiger partial charge in [-0.25, -0.2) is 18.7 Å². The number of amides is 1. The van der Waals surface area contributed by atoms with E-state index in [1.165, 1.54) is 31.3 Å². The number of halogens is 1. The smallest absolute Gasteiger partial charge is 0.260 e. The standard InChI is InChI=1S/C25H30FN5O2S/c1-4-31(5-2)23(32)15-33-22-13-18(26)8-9-20(22)29-25-24-17(3)12-19(14-21(24)27-16-28-25)30-34-10-6-7-11-34/h8-9,12-14,16H,4-7,10-11,15H2,1-3H3,(H,27,28,29). The van der Waals surface area contributed by atoms with Gasteiger partial charge < -0.3 is 15.0 Å². The van der Waals surface area contributed by atoms with Crippen LogP contribution in [0.5, 0.6) is 5.75 Å². The van der Waals surface area contributed by atoms with E-state index >= 15 is 0 Å². The van der Waals surface area contributed by atoms with Gasteiger partial charge in [-0.2, -0.15) is 0 Å². The van der Waals surface area contributed by atoms with Gasteiger partial charge in [0, 0.05) is 36.0 Å². The number of anilines is 2. The lowest BCUT2D eigenvalue weighted by molar-refractivity contribution is -0.132. The lowest BCUT2D eigenvalue weighted by Crippen LogP contribution is -2.34. The Morgan fingerprint density at radius 2 is 1.94 bits per heavy atom. The number of carbonyl (C=O) groups excluding carboxylic acids is 1. The molecule has 0 aliphatic carbocycles. The fraction of sp³-hybridized carbons (Fsp3) is 0.400. The third kappa shape index (κ3) is 5.52. The number of rotatable bonds is 8. The highest BCUT2D eigenvalue weighted by molar-refractivity contribution is 7.87. The van der Waals surface area contributed by atoms with Crippen LogP contribution in [0.4, 0.5) is 21.6 Å². The molecule has 3 aromatic rings. The zero-order chi connectivity index (χ0) is 24.1. The first-order valence-corrected chi connectivity index (χ1v) is 13.1. The Labute approximate surface area is 201 Å². The predicted molar refractivity (Wildman–Crippen MR) is 136 cm³/mol. The third-order valence-corrected chi connectivity index (χ3v) is 7.82. The van der Waals surface area contributed by atoms with Crippen LogP contribution >= 0.6 is 0 Å². The van der Waals surface area contributed by atoms with Crippen molar-refractivity contribution >= 4 is 44.7 Å². The topological polar surface area (TPSA) is 79.7 Å². The molecule has 34 heavy (non-hydrogen) atoms. The summed E-state index contributed by atoms with van der Waals surface area (Å²) in [4.78, 5) is 22.9. The molecule has 9 heteroatoms. The van der Waals surface area contributed by atoms with E-state index in [0.29, 0.717) is 24.6 Å². The summed E-state index contributed by atoms with van der Waals surface area (Å²) in [5, 5.41) is 4.13. The Bertz CT molecular complexity index is 1220. The molecule has 0 saturated carbocycles. The molecular weight excluding hydrogens is 453 g/mol. The number of fused-ring (bicyclic) bond motifs is 1. The van der Waals surface area contributed by atoms with Crippen LogP contribution in [0.2, 0.25) is 0 Å². The summed E-state index contributed by atoms with van der Waals surface area (Å²) in [5.41, 5.74) is 3.26. The Balaban J connectivity index is 1.62. The largest absolute Gasteiger partial charge is 0.481 e. The fourth-order valence-corrected chi connectivity index (χ4v) is 5.92. The molecular formula is C25H30FN5O2S. The number of hydrogen-bond acceptors (Lipinski definition) is 6. The van der Waals surface area contributed by atoms with E-state index in [0.717, 1.165) is 33.7 Å². The molecule has 1 N–H and O–H groups in total. The minimum absolute atomic E-state index is 0.0998. The fourth-order valence-electron chi connectivity index (χ4n) is 4.05. The van der Waals surface area contributed by atoms with Crippen molar-refractivity contribution in [3.63, 3.8) is 0 Å². The molecule has 1 aliphatic rings. The predicted octanol–water partition coefficient (Wildman–Crippen LogP) is 5.30. The quantitative estimate of drug-likeness (QED) is 0.471. The van der Waals surface area contributed by atoms with Crippen molar-refractivity contribution in [2.24, 2.45) is 4.36 Å². The Morgan fingerprint density at radius 1 is 1.18 bits per heavy atom. The maximum absolute atomic E-state index is 14.0. The zero-order valence-corrected chi connectivity index (χ0v) is 20.6. The number of nitrogens with one attached hydrogen (secondary N) is 1. The second-order valence-corrected chi connectivity index (χ2v) is 10.1. The van der Waals surface area contributed by atoms with Gasteiger partial charge in [0.15, 0.2) is 6.61 Å². The van der Waals surface area contributed by atoms with Crippen LogP contribution in [0.15, 0.2) is 41.0 Å². The van der Waals surface area contributed by atoms with Gasteiger partial charge in [0.05, 0.1) is 16.9 Å².